The number of hydrogen-bond donors (Lipinski definition) is 1. The molecule has 0 fully saturated rings. The van der Waals surface area contributed by atoms with Gasteiger partial charge in [0.25, 0.3) is 0 Å². The normalized spacial score (nSPS) is 10.7. The second-order valence-corrected chi connectivity index (χ2v) is 8.48. The van der Waals surface area contributed by atoms with E-state index in [0.29, 0.717) is 6.42 Å². The number of rotatable bonds is 8. The average molecular weight is 402 g/mol. The average Bonchev–Trinajstić information content (AvgIpc) is 2.55. The van der Waals surface area contributed by atoms with Crippen LogP contribution in [0.5, 0.6) is 0 Å². The Labute approximate surface area is 126 Å². The second kappa shape index (κ2) is 8.56. The molecule has 2 nitrogen and oxygen atoms in total. The van der Waals surface area contributed by atoms with Crippen molar-refractivity contribution in [2.45, 2.75) is 37.0 Å². The van der Waals surface area contributed by atoms with Gasteiger partial charge in [0.1, 0.15) is 0 Å². The fraction of sp³-hybridized carbons (Fsp3) is 0.545. The van der Waals surface area contributed by atoms with Gasteiger partial charge >= 0.3 is 5.97 Å². The molecule has 0 aromatic carbocycles. The maximum atomic E-state index is 10.3. The van der Waals surface area contributed by atoms with Crippen molar-refractivity contribution in [3.63, 3.8) is 0 Å². The topological polar surface area (TPSA) is 37.3 Å². The quantitative estimate of drug-likeness (QED) is 0.468. The zero-order valence-corrected chi connectivity index (χ0v) is 14.1. The predicted molar refractivity (Wildman–Crippen MR) is 81.2 cm³/mol. The molecule has 0 spiro atoms. The van der Waals surface area contributed by atoms with Crippen LogP contribution < -0.4 is 0 Å². The van der Waals surface area contributed by atoms with Crippen LogP contribution in [0.25, 0.3) is 0 Å². The van der Waals surface area contributed by atoms with Crippen LogP contribution in [0.2, 0.25) is 0 Å². The summed E-state index contributed by atoms with van der Waals surface area (Å²) in [6, 6.07) is 2.13. The summed E-state index contributed by atoms with van der Waals surface area (Å²) in [5.41, 5.74) is 0. The lowest BCUT2D eigenvalue weighted by molar-refractivity contribution is -0.137. The van der Waals surface area contributed by atoms with E-state index in [1.54, 1.807) is 11.3 Å². The van der Waals surface area contributed by atoms with E-state index >= 15 is 0 Å². The first kappa shape index (κ1) is 15.5. The number of aliphatic carboxylic acids is 1. The number of hydrogen-bond acceptors (Lipinski definition) is 3. The van der Waals surface area contributed by atoms with Crippen LogP contribution in [0.1, 0.15) is 32.1 Å². The van der Waals surface area contributed by atoms with Crippen molar-refractivity contribution in [3.8, 4) is 0 Å². The number of halogens is 2. The van der Waals surface area contributed by atoms with Crippen molar-refractivity contribution in [1.29, 1.82) is 0 Å². The Balaban J connectivity index is 2.04. The number of carboxylic acid groups (broad SMARTS) is 1. The summed E-state index contributed by atoms with van der Waals surface area (Å²) in [4.78, 5) is 11.6. The molecule has 0 atom stereocenters. The van der Waals surface area contributed by atoms with E-state index in [1.807, 2.05) is 11.8 Å². The first-order chi connectivity index (χ1) is 8.09. The first-order valence-electron chi connectivity index (χ1n) is 5.39. The number of carboxylic acids is 1. The fourth-order valence-corrected chi connectivity index (χ4v) is 5.60. The lowest BCUT2D eigenvalue weighted by atomic mass is 10.2. The van der Waals surface area contributed by atoms with Crippen molar-refractivity contribution in [2.24, 2.45) is 0 Å². The molecular weight excluding hydrogens is 388 g/mol. The highest BCUT2D eigenvalue weighted by atomic mass is 79.9. The van der Waals surface area contributed by atoms with Gasteiger partial charge in [0, 0.05) is 11.3 Å². The molecule has 0 bridgehead atoms. The van der Waals surface area contributed by atoms with Gasteiger partial charge in [-0.3, -0.25) is 4.79 Å². The molecule has 96 valence electrons. The highest BCUT2D eigenvalue weighted by Crippen LogP contribution is 2.38. The summed E-state index contributed by atoms with van der Waals surface area (Å²) in [5, 5.41) is 8.49. The molecule has 0 amide bonds. The molecule has 1 N–H and O–H groups in total. The minimum Gasteiger partial charge on any atom is -0.481 e. The van der Waals surface area contributed by atoms with E-state index in [9.17, 15) is 4.79 Å². The van der Waals surface area contributed by atoms with Crippen LogP contribution in [-0.4, -0.2) is 16.8 Å². The molecular formula is C11H14Br2O2S2. The fourth-order valence-electron chi connectivity index (χ4n) is 1.34. The molecule has 0 saturated heterocycles. The lowest BCUT2D eigenvalue weighted by Gasteiger charge is -2.00. The van der Waals surface area contributed by atoms with Gasteiger partial charge in [-0.15, -0.1) is 23.1 Å². The SMILES string of the molecule is O=C(O)CCCCCCSc1cc(Br)sc1Br. The molecule has 6 heteroatoms. The lowest BCUT2D eigenvalue weighted by Crippen LogP contribution is -1.93. The van der Waals surface area contributed by atoms with Gasteiger partial charge in [0.2, 0.25) is 0 Å². The summed E-state index contributed by atoms with van der Waals surface area (Å²) in [6.45, 7) is 0. The standard InChI is InChI=1S/C11H14Br2O2S2/c12-9-7-8(11(13)17-9)16-6-4-2-1-3-5-10(14)15/h7H,1-6H2,(H,14,15). The Kier molecular flexibility index (Phi) is 7.82. The van der Waals surface area contributed by atoms with Crippen LogP contribution >= 0.6 is 55.0 Å². The number of carbonyl (C=O) groups is 1. The summed E-state index contributed by atoms with van der Waals surface area (Å²) in [6.07, 6.45) is 4.37. The Hall–Kier alpha value is 0.480. The molecule has 0 radical (unpaired) electrons. The van der Waals surface area contributed by atoms with Crippen LogP contribution in [0.15, 0.2) is 18.5 Å². The van der Waals surface area contributed by atoms with Gasteiger partial charge in [-0.2, -0.15) is 0 Å². The smallest absolute Gasteiger partial charge is 0.303 e. The summed E-state index contributed by atoms with van der Waals surface area (Å²) >= 11 is 10.5. The molecule has 1 rings (SSSR count). The van der Waals surface area contributed by atoms with Gasteiger partial charge in [0.05, 0.1) is 7.57 Å². The van der Waals surface area contributed by atoms with E-state index < -0.39 is 5.97 Å². The number of thioether (sulfide) groups is 1. The van der Waals surface area contributed by atoms with E-state index in [-0.39, 0.29) is 0 Å². The zero-order chi connectivity index (χ0) is 12.7. The molecule has 1 heterocycles. The van der Waals surface area contributed by atoms with Crippen LogP contribution in [0, 0.1) is 0 Å². The van der Waals surface area contributed by atoms with E-state index in [2.05, 4.69) is 37.9 Å². The van der Waals surface area contributed by atoms with Gasteiger partial charge in [-0.25, -0.2) is 0 Å². The highest BCUT2D eigenvalue weighted by Gasteiger charge is 2.05. The number of unbranched alkanes of at least 4 members (excludes halogenated alkanes) is 3. The zero-order valence-electron chi connectivity index (χ0n) is 9.25. The molecule has 0 aliphatic heterocycles. The third kappa shape index (κ3) is 6.84. The molecule has 0 aliphatic carbocycles. The summed E-state index contributed by atoms with van der Waals surface area (Å²) in [7, 11) is 0. The Morgan fingerprint density at radius 2 is 2.00 bits per heavy atom. The van der Waals surface area contributed by atoms with Gasteiger partial charge in [0.15, 0.2) is 0 Å². The maximum Gasteiger partial charge on any atom is 0.303 e. The van der Waals surface area contributed by atoms with Crippen molar-refractivity contribution < 1.29 is 9.90 Å². The highest BCUT2D eigenvalue weighted by molar-refractivity contribution is 9.12. The van der Waals surface area contributed by atoms with Crippen LogP contribution in [-0.2, 0) is 4.79 Å². The summed E-state index contributed by atoms with van der Waals surface area (Å²) < 4.78 is 2.33. The van der Waals surface area contributed by atoms with Gasteiger partial charge in [-0.05, 0) is 56.5 Å². The Bertz CT molecular complexity index is 366. The van der Waals surface area contributed by atoms with Crippen LogP contribution in [0.4, 0.5) is 0 Å². The minimum absolute atomic E-state index is 0.302. The van der Waals surface area contributed by atoms with Crippen molar-refractivity contribution in [2.75, 3.05) is 5.75 Å². The van der Waals surface area contributed by atoms with E-state index in [1.165, 1.54) is 8.68 Å². The Morgan fingerprint density at radius 3 is 2.59 bits per heavy atom. The van der Waals surface area contributed by atoms with Crippen molar-refractivity contribution in [1.82, 2.24) is 0 Å². The van der Waals surface area contributed by atoms with Gasteiger partial charge < -0.3 is 5.11 Å². The monoisotopic (exact) mass is 400 g/mol. The molecule has 1 aromatic rings. The second-order valence-electron chi connectivity index (χ2n) is 3.59. The molecule has 17 heavy (non-hydrogen) atoms. The molecule has 0 unspecified atom stereocenters. The molecule has 1 aromatic heterocycles. The summed E-state index contributed by atoms with van der Waals surface area (Å²) in [5.74, 6) is 0.404. The molecule has 0 aliphatic rings. The maximum absolute atomic E-state index is 10.3. The van der Waals surface area contributed by atoms with E-state index in [4.69, 9.17) is 5.11 Å². The number of thiophene rings is 1. The van der Waals surface area contributed by atoms with E-state index in [0.717, 1.165) is 35.2 Å². The van der Waals surface area contributed by atoms with Gasteiger partial charge in [-0.1, -0.05) is 12.8 Å². The van der Waals surface area contributed by atoms with Crippen molar-refractivity contribution >= 4 is 60.9 Å². The molecule has 0 saturated carbocycles. The predicted octanol–water partition coefficient (Wildman–Crippen LogP) is 5.40. The van der Waals surface area contributed by atoms with Crippen molar-refractivity contribution in [3.05, 3.63) is 13.6 Å². The third-order valence-corrected chi connectivity index (χ3v) is 6.02. The minimum atomic E-state index is -0.688. The third-order valence-electron chi connectivity index (χ3n) is 2.17. The first-order valence-corrected chi connectivity index (χ1v) is 8.78. The Morgan fingerprint density at radius 1 is 1.29 bits per heavy atom. The largest absolute Gasteiger partial charge is 0.481 e. The van der Waals surface area contributed by atoms with Crippen LogP contribution in [0.3, 0.4) is 0 Å².